The van der Waals surface area contributed by atoms with Gasteiger partial charge in [-0.2, -0.15) is 0 Å². The van der Waals surface area contributed by atoms with Crippen molar-refractivity contribution in [3.05, 3.63) is 199 Å². The van der Waals surface area contributed by atoms with Crippen LogP contribution in [0.15, 0.2) is 177 Å². The number of para-hydroxylation sites is 3. The van der Waals surface area contributed by atoms with Crippen molar-refractivity contribution in [2.75, 3.05) is 0 Å². The molecule has 4 nitrogen and oxygen atoms in total. The lowest BCUT2D eigenvalue weighted by molar-refractivity contribution is 0.976. The number of nitrogens with zero attached hydrogens (tertiary/aromatic N) is 4. The van der Waals surface area contributed by atoms with Gasteiger partial charge in [-0.3, -0.25) is 4.57 Å². The molecule has 0 bridgehead atoms. The van der Waals surface area contributed by atoms with Gasteiger partial charge in [0, 0.05) is 38.4 Å². The highest BCUT2D eigenvalue weighted by atomic mass is 15.2. The third kappa shape index (κ3) is 4.98. The average molecular weight is 767 g/mol. The minimum absolute atomic E-state index is 0.616. The number of hydrogen-bond acceptors (Lipinski definition) is 2. The van der Waals surface area contributed by atoms with Crippen LogP contribution >= 0.6 is 0 Å². The minimum Gasteiger partial charge on any atom is -0.307 e. The summed E-state index contributed by atoms with van der Waals surface area (Å²) in [5.74, 6) is 0.616. The molecule has 0 saturated carbocycles. The van der Waals surface area contributed by atoms with Crippen molar-refractivity contribution in [1.82, 2.24) is 19.1 Å². The van der Waals surface area contributed by atoms with Crippen molar-refractivity contribution in [1.29, 1.82) is 0 Å². The summed E-state index contributed by atoms with van der Waals surface area (Å²) in [5.41, 5.74) is 14.0. The first kappa shape index (κ1) is 34.2. The Morgan fingerprint density at radius 3 is 1.82 bits per heavy atom. The Morgan fingerprint density at radius 2 is 1.10 bits per heavy atom. The molecule has 12 rings (SSSR count). The van der Waals surface area contributed by atoms with E-state index in [2.05, 4.69) is 192 Å². The molecule has 0 amide bonds. The van der Waals surface area contributed by atoms with Crippen LogP contribution in [0.3, 0.4) is 0 Å². The van der Waals surface area contributed by atoms with Crippen molar-refractivity contribution in [2.45, 2.75) is 12.8 Å². The molecule has 0 aliphatic heterocycles. The zero-order valence-corrected chi connectivity index (χ0v) is 32.9. The molecule has 8 aromatic carbocycles. The van der Waals surface area contributed by atoms with Crippen LogP contribution in [-0.4, -0.2) is 19.1 Å². The molecule has 0 saturated heterocycles. The first-order chi connectivity index (χ1) is 29.7. The van der Waals surface area contributed by atoms with Crippen molar-refractivity contribution >= 4 is 83.4 Å². The highest BCUT2D eigenvalue weighted by Crippen LogP contribution is 2.43. The van der Waals surface area contributed by atoms with E-state index >= 15 is 0 Å². The van der Waals surface area contributed by atoms with E-state index in [9.17, 15) is 0 Å². The molecule has 11 aromatic rings. The van der Waals surface area contributed by atoms with Crippen LogP contribution in [0.5, 0.6) is 0 Å². The molecule has 0 spiro atoms. The molecule has 0 fully saturated rings. The van der Waals surface area contributed by atoms with Gasteiger partial charge in [-0.15, -0.1) is 0 Å². The second-order valence-electron chi connectivity index (χ2n) is 15.7. The van der Waals surface area contributed by atoms with E-state index in [-0.39, 0.29) is 0 Å². The number of hydrogen-bond donors (Lipinski definition) is 0. The molecule has 3 heterocycles. The van der Waals surface area contributed by atoms with Gasteiger partial charge in [-0.25, -0.2) is 9.97 Å². The van der Waals surface area contributed by atoms with E-state index in [1.54, 1.807) is 0 Å². The van der Waals surface area contributed by atoms with Gasteiger partial charge < -0.3 is 4.57 Å². The van der Waals surface area contributed by atoms with Gasteiger partial charge in [0.05, 0.1) is 33.5 Å². The average Bonchev–Trinajstić information content (AvgIpc) is 3.84. The first-order valence-corrected chi connectivity index (χ1v) is 20.6. The maximum Gasteiger partial charge on any atom is 0.235 e. The summed E-state index contributed by atoms with van der Waals surface area (Å²) in [6.45, 7) is 8.48. The summed E-state index contributed by atoms with van der Waals surface area (Å²) in [5, 5.41) is 9.41. The Labute approximate surface area is 347 Å². The maximum atomic E-state index is 5.67. The Bertz CT molecular complexity index is 3640. The Hall–Kier alpha value is -7.82. The molecular formula is C56H38N4. The number of allylic oxidation sites excluding steroid dienone is 1. The van der Waals surface area contributed by atoms with Crippen molar-refractivity contribution in [2.24, 2.45) is 0 Å². The summed E-state index contributed by atoms with van der Waals surface area (Å²) in [6, 6.07) is 56.7. The minimum atomic E-state index is 0.616. The highest BCUT2D eigenvalue weighted by Gasteiger charge is 2.25. The molecule has 0 N–H and O–H groups in total. The molecule has 0 atom stereocenters. The van der Waals surface area contributed by atoms with E-state index in [4.69, 9.17) is 9.97 Å². The fourth-order valence-electron chi connectivity index (χ4n) is 9.93. The highest BCUT2D eigenvalue weighted by molar-refractivity contribution is 6.24. The van der Waals surface area contributed by atoms with Crippen molar-refractivity contribution in [3.63, 3.8) is 0 Å². The topological polar surface area (TPSA) is 35.6 Å². The van der Waals surface area contributed by atoms with Crippen molar-refractivity contribution in [3.8, 4) is 34.2 Å². The number of benzene rings is 8. The largest absolute Gasteiger partial charge is 0.307 e. The third-order valence-corrected chi connectivity index (χ3v) is 12.5. The van der Waals surface area contributed by atoms with Gasteiger partial charge >= 0.3 is 0 Å². The standard InChI is InChI=1S/C56H38N4/c1-3-35-32-48(42-24-12-10-22-40(42)38(35)4-2)50-34-51(49-33-36-18-8-9-21-39(36)41-23-11-13-25-43(41)49)58-56(57-50)60-53-29-17-15-27-45(53)47-31-30-46-44-26-14-16-28-52(44)59(54(46)55(47)60)37-19-6-5-7-20-37/h3-9,11-21,23-34H,1-2,10,22H2. The van der Waals surface area contributed by atoms with Crippen LogP contribution in [0.1, 0.15) is 28.7 Å². The maximum absolute atomic E-state index is 5.67. The quantitative estimate of drug-likeness (QED) is 0.158. The summed E-state index contributed by atoms with van der Waals surface area (Å²) < 4.78 is 4.73. The van der Waals surface area contributed by atoms with Crippen LogP contribution < -0.4 is 0 Å². The second-order valence-corrected chi connectivity index (χ2v) is 15.7. The normalized spacial score (nSPS) is 12.6. The van der Waals surface area contributed by atoms with E-state index < -0.39 is 0 Å². The summed E-state index contributed by atoms with van der Waals surface area (Å²) in [7, 11) is 0. The van der Waals surface area contributed by atoms with Crippen LogP contribution in [-0.2, 0) is 6.42 Å². The van der Waals surface area contributed by atoms with E-state index in [0.29, 0.717) is 5.95 Å². The SMILES string of the molecule is C=Cc1cc(-c2cc(-c3cc4ccccc4c4ccccc34)nc(-n3c4ccccc4c4ccc5c6ccccc6n(-c6ccccc6)c5c43)n2)c2c(c1C=C)CCC=C2. The van der Waals surface area contributed by atoms with E-state index in [1.807, 2.05) is 12.2 Å². The van der Waals surface area contributed by atoms with Gasteiger partial charge in [0.15, 0.2) is 0 Å². The Kier molecular flexibility index (Phi) is 7.63. The lowest BCUT2D eigenvalue weighted by atomic mass is 9.85. The van der Waals surface area contributed by atoms with Gasteiger partial charge in [0.25, 0.3) is 0 Å². The van der Waals surface area contributed by atoms with E-state index in [1.165, 1.54) is 38.1 Å². The van der Waals surface area contributed by atoms with Crippen LogP contribution in [0, 0.1) is 0 Å². The molecule has 0 radical (unpaired) electrons. The molecule has 282 valence electrons. The summed E-state index contributed by atoms with van der Waals surface area (Å²) in [4.78, 5) is 11.3. The molecule has 3 aromatic heterocycles. The van der Waals surface area contributed by atoms with Gasteiger partial charge in [-0.05, 0) is 99.1 Å². The number of rotatable bonds is 6. The smallest absolute Gasteiger partial charge is 0.235 e. The zero-order valence-electron chi connectivity index (χ0n) is 32.9. The predicted octanol–water partition coefficient (Wildman–Crippen LogP) is 14.6. The fourth-order valence-corrected chi connectivity index (χ4v) is 9.93. The number of fused-ring (bicyclic) bond motifs is 11. The van der Waals surface area contributed by atoms with Gasteiger partial charge in [-0.1, -0.05) is 153 Å². The monoisotopic (exact) mass is 766 g/mol. The number of aromatic nitrogens is 4. The zero-order chi connectivity index (χ0) is 39.9. The lowest BCUT2D eigenvalue weighted by Crippen LogP contribution is -2.07. The third-order valence-electron chi connectivity index (χ3n) is 12.5. The van der Waals surface area contributed by atoms with Gasteiger partial charge in [0.1, 0.15) is 0 Å². The predicted molar refractivity (Wildman–Crippen MR) is 254 cm³/mol. The van der Waals surface area contributed by atoms with Crippen LogP contribution in [0.2, 0.25) is 0 Å². The molecular weight excluding hydrogens is 729 g/mol. The summed E-state index contributed by atoms with van der Waals surface area (Å²) >= 11 is 0. The molecule has 4 heteroatoms. The van der Waals surface area contributed by atoms with Gasteiger partial charge in [0.2, 0.25) is 5.95 Å². The lowest BCUT2D eigenvalue weighted by Gasteiger charge is -2.21. The fraction of sp³-hybridized carbons (Fsp3) is 0.0357. The van der Waals surface area contributed by atoms with Crippen LogP contribution in [0.4, 0.5) is 0 Å². The molecule has 1 aliphatic carbocycles. The molecule has 1 aliphatic rings. The van der Waals surface area contributed by atoms with Crippen molar-refractivity contribution < 1.29 is 0 Å². The van der Waals surface area contributed by atoms with Crippen LogP contribution in [0.25, 0.3) is 118 Å². The summed E-state index contributed by atoms with van der Waals surface area (Å²) in [6.07, 6.45) is 10.4. The Balaban J connectivity index is 1.27. The molecule has 60 heavy (non-hydrogen) atoms. The first-order valence-electron chi connectivity index (χ1n) is 20.6. The Morgan fingerprint density at radius 1 is 0.500 bits per heavy atom. The second kappa shape index (κ2) is 13.4. The molecule has 0 unspecified atom stereocenters. The van der Waals surface area contributed by atoms with E-state index in [0.717, 1.165) is 90.4 Å².